The Labute approximate surface area is 136 Å². The summed E-state index contributed by atoms with van der Waals surface area (Å²) in [4.78, 5) is 11.9. The number of urea groups is 1. The lowest BCUT2D eigenvalue weighted by Crippen LogP contribution is -2.29. The summed E-state index contributed by atoms with van der Waals surface area (Å²) in [6, 6.07) is 15.0. The number of aryl methyl sites for hydroxylation is 1. The summed E-state index contributed by atoms with van der Waals surface area (Å²) in [5.74, 6) is 1.52. The molecule has 0 bridgehead atoms. The minimum absolute atomic E-state index is 0.241. The Kier molecular flexibility index (Phi) is 6.29. The predicted molar refractivity (Wildman–Crippen MR) is 91.3 cm³/mol. The molecule has 2 aromatic rings. The summed E-state index contributed by atoms with van der Waals surface area (Å²) in [6.45, 7) is 0.582. The molecule has 0 aliphatic heterocycles. The van der Waals surface area contributed by atoms with E-state index in [0.29, 0.717) is 18.0 Å². The zero-order chi connectivity index (χ0) is 16.5. The highest BCUT2D eigenvalue weighted by atomic mass is 16.5. The second kappa shape index (κ2) is 8.68. The first-order valence-corrected chi connectivity index (χ1v) is 7.54. The van der Waals surface area contributed by atoms with Crippen LogP contribution in [0.4, 0.5) is 10.5 Å². The van der Waals surface area contributed by atoms with Gasteiger partial charge in [0.25, 0.3) is 0 Å². The number of methoxy groups -OCH3 is 2. The average molecular weight is 314 g/mol. The molecule has 0 atom stereocenters. The third-order valence-electron chi connectivity index (χ3n) is 3.46. The van der Waals surface area contributed by atoms with Crippen LogP contribution < -0.4 is 20.1 Å². The second-order valence-electron chi connectivity index (χ2n) is 5.00. The number of amides is 2. The summed E-state index contributed by atoms with van der Waals surface area (Å²) < 4.78 is 10.5. The Morgan fingerprint density at radius 1 is 0.957 bits per heavy atom. The van der Waals surface area contributed by atoms with Crippen LogP contribution in [-0.2, 0) is 6.42 Å². The van der Waals surface area contributed by atoms with E-state index in [1.165, 1.54) is 0 Å². The molecule has 2 rings (SSSR count). The van der Waals surface area contributed by atoms with Crippen molar-refractivity contribution in [3.8, 4) is 11.5 Å². The van der Waals surface area contributed by atoms with Crippen molar-refractivity contribution in [3.63, 3.8) is 0 Å². The van der Waals surface area contributed by atoms with Crippen molar-refractivity contribution >= 4 is 11.7 Å². The maximum Gasteiger partial charge on any atom is 0.319 e. The maximum atomic E-state index is 11.9. The van der Waals surface area contributed by atoms with Crippen LogP contribution >= 0.6 is 0 Å². The molecule has 0 aliphatic carbocycles. The highest BCUT2D eigenvalue weighted by molar-refractivity contribution is 5.90. The van der Waals surface area contributed by atoms with Crippen molar-refractivity contribution in [2.24, 2.45) is 0 Å². The number of anilines is 1. The Bertz CT molecular complexity index is 644. The van der Waals surface area contributed by atoms with Crippen LogP contribution in [0.25, 0.3) is 0 Å². The van der Waals surface area contributed by atoms with E-state index >= 15 is 0 Å². The molecule has 0 aromatic heterocycles. The molecule has 0 radical (unpaired) electrons. The number of rotatable bonds is 7. The van der Waals surface area contributed by atoms with Gasteiger partial charge < -0.3 is 20.1 Å². The van der Waals surface area contributed by atoms with Gasteiger partial charge >= 0.3 is 6.03 Å². The third-order valence-corrected chi connectivity index (χ3v) is 3.46. The molecule has 122 valence electrons. The number of benzene rings is 2. The monoisotopic (exact) mass is 314 g/mol. The lowest BCUT2D eigenvalue weighted by molar-refractivity contribution is 0.252. The van der Waals surface area contributed by atoms with Crippen LogP contribution in [-0.4, -0.2) is 26.8 Å². The fourth-order valence-electron chi connectivity index (χ4n) is 2.30. The van der Waals surface area contributed by atoms with E-state index in [2.05, 4.69) is 10.6 Å². The van der Waals surface area contributed by atoms with Gasteiger partial charge in [0.2, 0.25) is 0 Å². The highest BCUT2D eigenvalue weighted by Crippen LogP contribution is 2.22. The highest BCUT2D eigenvalue weighted by Gasteiger charge is 2.06. The molecule has 0 heterocycles. The van der Waals surface area contributed by atoms with Crippen LogP contribution in [0.15, 0.2) is 48.5 Å². The number of nitrogens with one attached hydrogen (secondary N) is 2. The van der Waals surface area contributed by atoms with E-state index in [1.807, 2.05) is 36.4 Å². The van der Waals surface area contributed by atoms with Gasteiger partial charge in [0.15, 0.2) is 0 Å². The predicted octanol–water partition coefficient (Wildman–Crippen LogP) is 3.46. The lowest BCUT2D eigenvalue weighted by Gasteiger charge is -2.11. The van der Waals surface area contributed by atoms with Gasteiger partial charge in [0, 0.05) is 6.54 Å². The van der Waals surface area contributed by atoms with E-state index in [0.717, 1.165) is 24.2 Å². The molecule has 0 spiro atoms. The fourth-order valence-corrected chi connectivity index (χ4v) is 2.30. The quantitative estimate of drug-likeness (QED) is 0.770. The summed E-state index contributed by atoms with van der Waals surface area (Å²) in [6.07, 6.45) is 1.68. The van der Waals surface area contributed by atoms with E-state index < -0.39 is 0 Å². The fraction of sp³-hybridized carbons (Fsp3) is 0.278. The van der Waals surface area contributed by atoms with Gasteiger partial charge in [0.1, 0.15) is 11.5 Å². The van der Waals surface area contributed by atoms with Gasteiger partial charge in [-0.3, -0.25) is 0 Å². The molecule has 0 unspecified atom stereocenters. The summed E-state index contributed by atoms with van der Waals surface area (Å²) in [5, 5.41) is 5.63. The van der Waals surface area contributed by atoms with Crippen LogP contribution in [0.2, 0.25) is 0 Å². The second-order valence-corrected chi connectivity index (χ2v) is 5.00. The average Bonchev–Trinajstić information content (AvgIpc) is 2.59. The number of para-hydroxylation sites is 3. The summed E-state index contributed by atoms with van der Waals surface area (Å²) in [5.41, 5.74) is 1.79. The Morgan fingerprint density at radius 2 is 1.61 bits per heavy atom. The molecule has 5 nitrogen and oxygen atoms in total. The molecular formula is C18H22N2O3. The number of carbonyl (C=O) groups excluding carboxylic acids is 1. The van der Waals surface area contributed by atoms with Crippen LogP contribution in [0.3, 0.4) is 0 Å². The van der Waals surface area contributed by atoms with Gasteiger partial charge in [-0.1, -0.05) is 30.3 Å². The van der Waals surface area contributed by atoms with E-state index in [1.54, 1.807) is 26.4 Å². The summed E-state index contributed by atoms with van der Waals surface area (Å²) in [7, 11) is 3.24. The van der Waals surface area contributed by atoms with E-state index in [4.69, 9.17) is 9.47 Å². The van der Waals surface area contributed by atoms with Crippen LogP contribution in [0.5, 0.6) is 11.5 Å². The molecule has 2 amide bonds. The minimum atomic E-state index is -0.241. The first-order valence-electron chi connectivity index (χ1n) is 7.54. The molecule has 0 fully saturated rings. The number of hydrogen-bond donors (Lipinski definition) is 2. The van der Waals surface area contributed by atoms with Crippen molar-refractivity contribution in [2.75, 3.05) is 26.1 Å². The SMILES string of the molecule is COc1ccccc1CCCNC(=O)Nc1ccccc1OC. The number of carbonyl (C=O) groups is 1. The van der Waals surface area contributed by atoms with Crippen LogP contribution in [0, 0.1) is 0 Å². The molecule has 0 saturated carbocycles. The molecule has 2 aromatic carbocycles. The third kappa shape index (κ3) is 4.92. The van der Waals surface area contributed by atoms with Gasteiger partial charge in [0.05, 0.1) is 19.9 Å². The Hall–Kier alpha value is -2.69. The van der Waals surface area contributed by atoms with Crippen molar-refractivity contribution in [2.45, 2.75) is 12.8 Å². The van der Waals surface area contributed by atoms with Gasteiger partial charge in [-0.05, 0) is 36.6 Å². The zero-order valence-electron chi connectivity index (χ0n) is 13.5. The van der Waals surface area contributed by atoms with E-state index in [9.17, 15) is 4.79 Å². The first kappa shape index (κ1) is 16.7. The Balaban J connectivity index is 1.77. The lowest BCUT2D eigenvalue weighted by atomic mass is 10.1. The zero-order valence-corrected chi connectivity index (χ0v) is 13.5. The summed E-state index contributed by atoms with van der Waals surface area (Å²) >= 11 is 0. The molecular weight excluding hydrogens is 292 g/mol. The molecule has 5 heteroatoms. The largest absolute Gasteiger partial charge is 0.496 e. The van der Waals surface area contributed by atoms with Gasteiger partial charge in [-0.25, -0.2) is 4.79 Å². The molecule has 0 saturated heterocycles. The Morgan fingerprint density at radius 3 is 2.35 bits per heavy atom. The molecule has 2 N–H and O–H groups in total. The van der Waals surface area contributed by atoms with Crippen LogP contribution in [0.1, 0.15) is 12.0 Å². The van der Waals surface area contributed by atoms with E-state index in [-0.39, 0.29) is 6.03 Å². The van der Waals surface area contributed by atoms with Crippen molar-refractivity contribution in [1.82, 2.24) is 5.32 Å². The normalized spacial score (nSPS) is 10.0. The number of ether oxygens (including phenoxy) is 2. The van der Waals surface area contributed by atoms with Crippen molar-refractivity contribution in [3.05, 3.63) is 54.1 Å². The number of hydrogen-bond acceptors (Lipinski definition) is 3. The van der Waals surface area contributed by atoms with Crippen molar-refractivity contribution in [1.29, 1.82) is 0 Å². The van der Waals surface area contributed by atoms with Gasteiger partial charge in [-0.2, -0.15) is 0 Å². The first-order chi connectivity index (χ1) is 11.2. The standard InChI is InChI=1S/C18H22N2O3/c1-22-16-11-5-3-8-14(16)9-7-13-19-18(21)20-15-10-4-6-12-17(15)23-2/h3-6,8,10-12H,7,9,13H2,1-2H3,(H2,19,20,21). The molecule has 0 aliphatic rings. The van der Waals surface area contributed by atoms with Gasteiger partial charge in [-0.15, -0.1) is 0 Å². The topological polar surface area (TPSA) is 59.6 Å². The smallest absolute Gasteiger partial charge is 0.319 e. The molecule has 23 heavy (non-hydrogen) atoms. The van der Waals surface area contributed by atoms with Crippen molar-refractivity contribution < 1.29 is 14.3 Å². The maximum absolute atomic E-state index is 11.9. The minimum Gasteiger partial charge on any atom is -0.496 e.